The van der Waals surface area contributed by atoms with Gasteiger partial charge in [0.05, 0.1) is 12.5 Å². The Bertz CT molecular complexity index is 853. The van der Waals surface area contributed by atoms with Gasteiger partial charge < -0.3 is 21.1 Å². The highest BCUT2D eigenvalue weighted by Gasteiger charge is 2.23. The number of anilines is 1. The molecule has 8 heteroatoms. The quantitative estimate of drug-likeness (QED) is 0.570. The zero-order valence-electron chi connectivity index (χ0n) is 16.3. The molecule has 0 spiro atoms. The second-order valence-corrected chi connectivity index (χ2v) is 6.93. The summed E-state index contributed by atoms with van der Waals surface area (Å²) in [7, 11) is 0. The lowest BCUT2D eigenvalue weighted by molar-refractivity contribution is -0.153. The molecule has 0 aliphatic rings. The van der Waals surface area contributed by atoms with E-state index in [0.29, 0.717) is 16.3 Å². The molecule has 2 rings (SSSR count). The van der Waals surface area contributed by atoms with Crippen molar-refractivity contribution in [1.82, 2.24) is 5.32 Å². The van der Waals surface area contributed by atoms with E-state index < -0.39 is 30.1 Å². The minimum absolute atomic E-state index is 0.187. The average Bonchev–Trinajstić information content (AvgIpc) is 2.68. The first-order chi connectivity index (χ1) is 13.8. The van der Waals surface area contributed by atoms with Gasteiger partial charge in [-0.05, 0) is 48.7 Å². The fourth-order valence-electron chi connectivity index (χ4n) is 2.65. The van der Waals surface area contributed by atoms with E-state index in [1.54, 1.807) is 36.4 Å². The van der Waals surface area contributed by atoms with Gasteiger partial charge in [0, 0.05) is 10.7 Å². The molecule has 2 atom stereocenters. The lowest BCUT2D eigenvalue weighted by atomic mass is 10.0. The molecule has 0 heterocycles. The van der Waals surface area contributed by atoms with Crippen LogP contribution in [0.2, 0.25) is 5.02 Å². The largest absolute Gasteiger partial charge is 0.452 e. The Balaban J connectivity index is 1.95. The highest BCUT2D eigenvalue weighted by atomic mass is 35.5. The lowest BCUT2D eigenvalue weighted by Gasteiger charge is -2.19. The number of carbonyl (C=O) groups is 3. The minimum Gasteiger partial charge on any atom is -0.452 e. The van der Waals surface area contributed by atoms with Crippen LogP contribution in [0.4, 0.5) is 10.5 Å². The summed E-state index contributed by atoms with van der Waals surface area (Å²) in [5, 5.41) is 5.72. The van der Waals surface area contributed by atoms with Crippen molar-refractivity contribution >= 4 is 35.2 Å². The summed E-state index contributed by atoms with van der Waals surface area (Å²) in [5.74, 6) is -1.10. The normalized spacial score (nSPS) is 12.5. The second-order valence-electron chi connectivity index (χ2n) is 6.49. The third-order valence-electron chi connectivity index (χ3n) is 4.27. The summed E-state index contributed by atoms with van der Waals surface area (Å²) in [6, 6.07) is 12.6. The number of amides is 3. The number of halogens is 1. The van der Waals surface area contributed by atoms with Crippen molar-refractivity contribution in [3.8, 4) is 0 Å². The SMILES string of the molecule is CCc1ccc(NC(=O)[C@H](C)OC(=O)C[C@H](NC(N)=O)c2ccc(Cl)cc2)cc1. The molecule has 29 heavy (non-hydrogen) atoms. The molecule has 0 saturated carbocycles. The van der Waals surface area contributed by atoms with Gasteiger partial charge in [0.2, 0.25) is 0 Å². The molecule has 4 N–H and O–H groups in total. The van der Waals surface area contributed by atoms with E-state index in [0.717, 1.165) is 12.0 Å². The van der Waals surface area contributed by atoms with Gasteiger partial charge in [-0.2, -0.15) is 0 Å². The van der Waals surface area contributed by atoms with E-state index in [1.807, 2.05) is 19.1 Å². The molecular weight excluding hydrogens is 394 g/mol. The molecule has 0 aromatic heterocycles. The van der Waals surface area contributed by atoms with Gasteiger partial charge in [0.1, 0.15) is 0 Å². The maximum absolute atomic E-state index is 12.3. The van der Waals surface area contributed by atoms with E-state index in [-0.39, 0.29) is 6.42 Å². The van der Waals surface area contributed by atoms with Crippen molar-refractivity contribution in [3.63, 3.8) is 0 Å². The Labute approximate surface area is 174 Å². The van der Waals surface area contributed by atoms with Crippen LogP contribution in [0.5, 0.6) is 0 Å². The molecule has 0 saturated heterocycles. The van der Waals surface area contributed by atoms with Gasteiger partial charge >= 0.3 is 12.0 Å². The molecule has 3 amide bonds. The van der Waals surface area contributed by atoms with Crippen LogP contribution >= 0.6 is 11.6 Å². The molecule has 0 aliphatic carbocycles. The summed E-state index contributed by atoms with van der Waals surface area (Å²) in [6.07, 6.45) is -0.295. The number of nitrogens with one attached hydrogen (secondary N) is 2. The molecule has 2 aromatic carbocycles. The van der Waals surface area contributed by atoms with Gasteiger partial charge in [-0.25, -0.2) is 4.79 Å². The first kappa shape index (κ1) is 22.2. The van der Waals surface area contributed by atoms with E-state index in [2.05, 4.69) is 10.6 Å². The van der Waals surface area contributed by atoms with E-state index in [1.165, 1.54) is 6.92 Å². The van der Waals surface area contributed by atoms with E-state index in [4.69, 9.17) is 22.1 Å². The van der Waals surface area contributed by atoms with Crippen LogP contribution < -0.4 is 16.4 Å². The molecule has 0 radical (unpaired) electrons. The van der Waals surface area contributed by atoms with Gasteiger partial charge in [-0.1, -0.05) is 42.8 Å². The third kappa shape index (κ3) is 7.12. The van der Waals surface area contributed by atoms with Gasteiger partial charge in [0.15, 0.2) is 6.10 Å². The first-order valence-corrected chi connectivity index (χ1v) is 9.57. The Morgan fingerprint density at radius 1 is 1.07 bits per heavy atom. The number of hydrogen-bond acceptors (Lipinski definition) is 4. The number of hydrogen-bond donors (Lipinski definition) is 3. The Morgan fingerprint density at radius 3 is 2.24 bits per heavy atom. The average molecular weight is 418 g/mol. The van der Waals surface area contributed by atoms with Crippen molar-refractivity contribution in [3.05, 3.63) is 64.7 Å². The number of nitrogens with two attached hydrogens (primary N) is 1. The summed E-state index contributed by atoms with van der Waals surface area (Å²) in [4.78, 5) is 35.9. The number of aryl methyl sites for hydroxylation is 1. The van der Waals surface area contributed by atoms with Crippen molar-refractivity contribution in [1.29, 1.82) is 0 Å². The smallest absolute Gasteiger partial charge is 0.312 e. The number of benzene rings is 2. The Morgan fingerprint density at radius 2 is 1.69 bits per heavy atom. The van der Waals surface area contributed by atoms with Gasteiger partial charge in [-0.3, -0.25) is 9.59 Å². The predicted octanol–water partition coefficient (Wildman–Crippen LogP) is 3.57. The molecule has 2 aromatic rings. The number of esters is 1. The van der Waals surface area contributed by atoms with Crippen LogP contribution in [0, 0.1) is 0 Å². The van der Waals surface area contributed by atoms with Gasteiger partial charge in [-0.15, -0.1) is 0 Å². The van der Waals surface area contributed by atoms with Crippen LogP contribution in [0.15, 0.2) is 48.5 Å². The molecular formula is C21H24ClN3O4. The monoisotopic (exact) mass is 417 g/mol. The fourth-order valence-corrected chi connectivity index (χ4v) is 2.78. The maximum Gasteiger partial charge on any atom is 0.312 e. The predicted molar refractivity (Wildman–Crippen MR) is 112 cm³/mol. The van der Waals surface area contributed by atoms with Crippen molar-refractivity contribution in [2.24, 2.45) is 5.73 Å². The molecule has 0 bridgehead atoms. The van der Waals surface area contributed by atoms with Crippen LogP contribution in [0.25, 0.3) is 0 Å². The van der Waals surface area contributed by atoms with Crippen LogP contribution in [-0.2, 0) is 20.7 Å². The topological polar surface area (TPSA) is 111 Å². The van der Waals surface area contributed by atoms with E-state index >= 15 is 0 Å². The summed E-state index contributed by atoms with van der Waals surface area (Å²) in [5.41, 5.74) is 7.60. The molecule has 0 unspecified atom stereocenters. The standard InChI is InChI=1S/C21H24ClN3O4/c1-3-14-4-10-17(11-5-14)24-20(27)13(2)29-19(26)12-18(25-21(23)28)15-6-8-16(22)9-7-15/h4-11,13,18H,3,12H2,1-2H3,(H,24,27)(H3,23,25,28)/t13-,18-/m0/s1. The molecule has 0 fully saturated rings. The fraction of sp³-hybridized carbons (Fsp3) is 0.286. The number of urea groups is 1. The number of carbonyl (C=O) groups excluding carboxylic acids is 3. The molecule has 7 nitrogen and oxygen atoms in total. The van der Waals surface area contributed by atoms with Crippen LogP contribution in [0.3, 0.4) is 0 Å². The van der Waals surface area contributed by atoms with Crippen LogP contribution in [0.1, 0.15) is 37.4 Å². The Hall–Kier alpha value is -3.06. The first-order valence-electron chi connectivity index (χ1n) is 9.19. The van der Waals surface area contributed by atoms with Crippen molar-refractivity contribution < 1.29 is 19.1 Å². The lowest BCUT2D eigenvalue weighted by Crippen LogP contribution is -2.36. The highest BCUT2D eigenvalue weighted by Crippen LogP contribution is 2.20. The summed E-state index contributed by atoms with van der Waals surface area (Å²) >= 11 is 5.87. The number of primary amides is 1. The number of ether oxygens (including phenoxy) is 1. The zero-order chi connectivity index (χ0) is 21.4. The van der Waals surface area contributed by atoms with Crippen molar-refractivity contribution in [2.75, 3.05) is 5.32 Å². The molecule has 154 valence electrons. The summed E-state index contributed by atoms with van der Waals surface area (Å²) in [6.45, 7) is 3.52. The minimum atomic E-state index is -1.01. The van der Waals surface area contributed by atoms with Crippen molar-refractivity contribution in [2.45, 2.75) is 38.8 Å². The van der Waals surface area contributed by atoms with Gasteiger partial charge in [0.25, 0.3) is 5.91 Å². The molecule has 0 aliphatic heterocycles. The second kappa shape index (κ2) is 10.5. The maximum atomic E-state index is 12.3. The van der Waals surface area contributed by atoms with E-state index in [9.17, 15) is 14.4 Å². The van der Waals surface area contributed by atoms with Crippen LogP contribution in [-0.4, -0.2) is 24.0 Å². The Kier molecular flexibility index (Phi) is 8.03. The number of rotatable bonds is 8. The zero-order valence-corrected chi connectivity index (χ0v) is 17.0. The highest BCUT2D eigenvalue weighted by molar-refractivity contribution is 6.30. The third-order valence-corrected chi connectivity index (χ3v) is 4.52. The summed E-state index contributed by atoms with van der Waals surface area (Å²) < 4.78 is 5.22.